The van der Waals surface area contributed by atoms with Gasteiger partial charge in [-0.3, -0.25) is 14.9 Å². The normalized spacial score (nSPS) is 20.0. The first-order valence-electron chi connectivity index (χ1n) is 7.91. The maximum atomic E-state index is 12.2. The summed E-state index contributed by atoms with van der Waals surface area (Å²) in [6.07, 6.45) is 1.34. The number of hydrogen-bond acceptors (Lipinski definition) is 6. The second-order valence-corrected chi connectivity index (χ2v) is 6.48. The quantitative estimate of drug-likeness (QED) is 0.559. The van der Waals surface area contributed by atoms with Crippen LogP contribution < -0.4 is 15.8 Å². The molecule has 2 rings (SSSR count). The van der Waals surface area contributed by atoms with E-state index in [9.17, 15) is 14.9 Å². The predicted molar refractivity (Wildman–Crippen MR) is 98.4 cm³/mol. The average molecular weight is 373 g/mol. The summed E-state index contributed by atoms with van der Waals surface area (Å²) in [7, 11) is 1.45. The van der Waals surface area contributed by atoms with Gasteiger partial charge in [-0.25, -0.2) is 0 Å². The number of benzene rings is 1. The van der Waals surface area contributed by atoms with E-state index in [1.807, 2.05) is 0 Å². The molecule has 0 saturated carbocycles. The van der Waals surface area contributed by atoms with E-state index < -0.39 is 4.92 Å². The summed E-state index contributed by atoms with van der Waals surface area (Å²) in [5, 5.41) is 13.6. The Morgan fingerprint density at radius 3 is 2.80 bits per heavy atom. The molecule has 1 atom stereocenters. The fraction of sp³-hybridized carbons (Fsp3) is 0.562. The van der Waals surface area contributed by atoms with Crippen LogP contribution in [0.3, 0.4) is 0 Å². The highest BCUT2D eigenvalue weighted by molar-refractivity contribution is 5.92. The zero-order valence-electron chi connectivity index (χ0n) is 14.5. The number of nitrogens with two attached hydrogens (primary N) is 1. The van der Waals surface area contributed by atoms with Gasteiger partial charge in [-0.2, -0.15) is 0 Å². The van der Waals surface area contributed by atoms with Crippen LogP contribution in [0.1, 0.15) is 19.8 Å². The molecule has 1 aliphatic rings. The number of nitro groups is 1. The van der Waals surface area contributed by atoms with Crippen molar-refractivity contribution in [3.8, 4) is 5.75 Å². The van der Waals surface area contributed by atoms with Gasteiger partial charge in [-0.1, -0.05) is 6.92 Å². The molecule has 9 heteroatoms. The van der Waals surface area contributed by atoms with Crippen LogP contribution in [0, 0.1) is 15.5 Å². The molecule has 1 fully saturated rings. The summed E-state index contributed by atoms with van der Waals surface area (Å²) in [4.78, 5) is 24.7. The van der Waals surface area contributed by atoms with Gasteiger partial charge in [0, 0.05) is 31.6 Å². The van der Waals surface area contributed by atoms with Crippen molar-refractivity contribution in [3.05, 3.63) is 28.3 Å². The first-order chi connectivity index (χ1) is 11.4. The summed E-state index contributed by atoms with van der Waals surface area (Å²) >= 11 is 0. The van der Waals surface area contributed by atoms with Crippen molar-refractivity contribution < 1.29 is 14.5 Å². The number of ether oxygens (including phenoxy) is 1. The van der Waals surface area contributed by atoms with Crippen LogP contribution in [0.15, 0.2) is 18.2 Å². The van der Waals surface area contributed by atoms with Gasteiger partial charge in [-0.05, 0) is 31.0 Å². The van der Waals surface area contributed by atoms with Crippen molar-refractivity contribution in [3.63, 3.8) is 0 Å². The maximum absolute atomic E-state index is 12.2. The molecule has 0 radical (unpaired) electrons. The zero-order valence-corrected chi connectivity index (χ0v) is 15.3. The van der Waals surface area contributed by atoms with E-state index in [0.29, 0.717) is 30.9 Å². The van der Waals surface area contributed by atoms with Crippen molar-refractivity contribution >= 4 is 29.7 Å². The number of halogens is 1. The Labute approximate surface area is 153 Å². The molecule has 1 amide bonds. The van der Waals surface area contributed by atoms with E-state index in [1.54, 1.807) is 0 Å². The van der Waals surface area contributed by atoms with Crippen LogP contribution in [-0.2, 0) is 4.79 Å². The number of likely N-dealkylation sites (tertiary alicyclic amines) is 1. The number of hydrogen-bond donors (Lipinski definition) is 2. The smallest absolute Gasteiger partial charge is 0.271 e. The predicted octanol–water partition coefficient (Wildman–Crippen LogP) is 2.02. The Morgan fingerprint density at radius 1 is 1.52 bits per heavy atom. The standard InChI is InChI=1S/C16H24N4O4.ClH/c1-16(10-17)6-8-19(11-16)7-5-15(21)18-13-9-12(20(22)23)3-4-14(13)24-2;/h3-4,9H,5-8,10-11,17H2,1-2H3,(H,18,21);1H. The highest BCUT2D eigenvalue weighted by Crippen LogP contribution is 2.30. The molecule has 1 saturated heterocycles. The van der Waals surface area contributed by atoms with Crippen LogP contribution in [-0.4, -0.2) is 49.0 Å². The van der Waals surface area contributed by atoms with Crippen molar-refractivity contribution in [1.82, 2.24) is 4.90 Å². The SMILES string of the molecule is COc1ccc([N+](=O)[O-])cc1NC(=O)CCN1CCC(C)(CN)C1.Cl. The molecule has 0 aromatic heterocycles. The number of amides is 1. The van der Waals surface area contributed by atoms with Crippen LogP contribution in [0.4, 0.5) is 11.4 Å². The van der Waals surface area contributed by atoms with Gasteiger partial charge in [0.15, 0.2) is 0 Å². The largest absolute Gasteiger partial charge is 0.495 e. The fourth-order valence-corrected chi connectivity index (χ4v) is 2.86. The molecular weight excluding hydrogens is 348 g/mol. The summed E-state index contributed by atoms with van der Waals surface area (Å²) < 4.78 is 5.14. The monoisotopic (exact) mass is 372 g/mol. The number of rotatable bonds is 7. The topological polar surface area (TPSA) is 111 Å². The fourth-order valence-electron chi connectivity index (χ4n) is 2.86. The number of carbonyl (C=O) groups is 1. The zero-order chi connectivity index (χ0) is 17.7. The Kier molecular flexibility index (Phi) is 7.60. The number of nitro benzene ring substituents is 1. The lowest BCUT2D eigenvalue weighted by molar-refractivity contribution is -0.384. The number of carbonyl (C=O) groups excluding carboxylic acids is 1. The van der Waals surface area contributed by atoms with Gasteiger partial charge in [0.05, 0.1) is 17.7 Å². The third-order valence-corrected chi connectivity index (χ3v) is 4.45. The van der Waals surface area contributed by atoms with Gasteiger partial charge in [0.2, 0.25) is 5.91 Å². The van der Waals surface area contributed by atoms with Gasteiger partial charge in [0.1, 0.15) is 5.75 Å². The maximum Gasteiger partial charge on any atom is 0.271 e. The van der Waals surface area contributed by atoms with Crippen LogP contribution in [0.5, 0.6) is 5.75 Å². The first kappa shape index (κ1) is 21.1. The molecule has 8 nitrogen and oxygen atoms in total. The second kappa shape index (κ2) is 8.98. The Balaban J connectivity index is 0.00000312. The van der Waals surface area contributed by atoms with E-state index in [4.69, 9.17) is 10.5 Å². The molecule has 0 bridgehead atoms. The van der Waals surface area contributed by atoms with Gasteiger partial charge >= 0.3 is 0 Å². The molecule has 1 aromatic carbocycles. The Hall–Kier alpha value is -1.90. The molecule has 0 aliphatic carbocycles. The summed E-state index contributed by atoms with van der Waals surface area (Å²) in [6.45, 7) is 5.25. The van der Waals surface area contributed by atoms with E-state index in [1.165, 1.54) is 25.3 Å². The third kappa shape index (κ3) is 5.55. The average Bonchev–Trinajstić information content (AvgIpc) is 2.95. The van der Waals surface area contributed by atoms with Crippen molar-refractivity contribution in [2.45, 2.75) is 19.8 Å². The molecule has 0 spiro atoms. The van der Waals surface area contributed by atoms with Crippen molar-refractivity contribution in [1.29, 1.82) is 0 Å². The lowest BCUT2D eigenvalue weighted by atomic mass is 9.90. The molecule has 1 unspecified atom stereocenters. The number of methoxy groups -OCH3 is 1. The van der Waals surface area contributed by atoms with Crippen LogP contribution in [0.25, 0.3) is 0 Å². The minimum atomic E-state index is -0.507. The summed E-state index contributed by atoms with van der Waals surface area (Å²) in [5.41, 5.74) is 6.13. The summed E-state index contributed by atoms with van der Waals surface area (Å²) in [5.74, 6) is 0.195. The third-order valence-electron chi connectivity index (χ3n) is 4.45. The van der Waals surface area contributed by atoms with E-state index in [0.717, 1.165) is 19.5 Å². The van der Waals surface area contributed by atoms with E-state index in [2.05, 4.69) is 17.1 Å². The van der Waals surface area contributed by atoms with Crippen LogP contribution in [0.2, 0.25) is 0 Å². The van der Waals surface area contributed by atoms with Crippen molar-refractivity contribution in [2.24, 2.45) is 11.1 Å². The second-order valence-electron chi connectivity index (χ2n) is 6.48. The minimum Gasteiger partial charge on any atom is -0.495 e. The minimum absolute atomic E-state index is 0. The molecule has 3 N–H and O–H groups in total. The molecule has 25 heavy (non-hydrogen) atoms. The van der Waals surface area contributed by atoms with E-state index in [-0.39, 0.29) is 29.4 Å². The molecule has 1 aromatic rings. The number of non-ortho nitro benzene ring substituents is 1. The number of nitrogens with one attached hydrogen (secondary N) is 1. The highest BCUT2D eigenvalue weighted by Gasteiger charge is 2.32. The molecule has 1 heterocycles. The van der Waals surface area contributed by atoms with Crippen LogP contribution >= 0.6 is 12.4 Å². The van der Waals surface area contributed by atoms with Gasteiger partial charge in [0.25, 0.3) is 5.69 Å². The highest BCUT2D eigenvalue weighted by atomic mass is 35.5. The van der Waals surface area contributed by atoms with Gasteiger partial charge < -0.3 is 20.7 Å². The Bertz CT molecular complexity index is 628. The molecule has 1 aliphatic heterocycles. The van der Waals surface area contributed by atoms with E-state index >= 15 is 0 Å². The lowest BCUT2D eigenvalue weighted by Gasteiger charge is -2.22. The molecular formula is C16H25ClN4O4. The van der Waals surface area contributed by atoms with Crippen molar-refractivity contribution in [2.75, 3.05) is 38.6 Å². The van der Waals surface area contributed by atoms with Gasteiger partial charge in [-0.15, -0.1) is 12.4 Å². The number of nitrogens with zero attached hydrogens (tertiary/aromatic N) is 2. The molecule has 140 valence electrons. The summed E-state index contributed by atoms with van der Waals surface area (Å²) in [6, 6.07) is 4.12. The Morgan fingerprint density at radius 2 is 2.24 bits per heavy atom. The number of anilines is 1. The lowest BCUT2D eigenvalue weighted by Crippen LogP contribution is -2.32. The first-order valence-corrected chi connectivity index (χ1v) is 7.91.